The third-order valence-electron chi connectivity index (χ3n) is 8.63. The van der Waals surface area contributed by atoms with Crippen LogP contribution in [-0.2, 0) is 29.3 Å². The number of halogens is 3. The number of piperazine rings is 1. The van der Waals surface area contributed by atoms with Gasteiger partial charge in [0.2, 0.25) is 5.78 Å². The second-order valence-corrected chi connectivity index (χ2v) is 11.3. The van der Waals surface area contributed by atoms with E-state index in [1.54, 1.807) is 0 Å². The van der Waals surface area contributed by atoms with Gasteiger partial charge in [-0.15, -0.1) is 24.8 Å². The number of carbonyl (C=O) groups excluding carboxylic acids is 3. The summed E-state index contributed by atoms with van der Waals surface area (Å²) in [5.41, 5.74) is 4.92. The quantitative estimate of drug-likeness (QED) is 0.273. The summed E-state index contributed by atoms with van der Waals surface area (Å²) in [7, 11) is 0. The predicted molar refractivity (Wildman–Crippen MR) is 171 cm³/mol. The van der Waals surface area contributed by atoms with Crippen LogP contribution in [-0.4, -0.2) is 72.6 Å². The largest absolute Gasteiger partial charge is 0.489 e. The first-order valence-corrected chi connectivity index (χ1v) is 14.6. The van der Waals surface area contributed by atoms with Crippen molar-refractivity contribution < 1.29 is 23.5 Å². The van der Waals surface area contributed by atoms with Crippen molar-refractivity contribution in [2.45, 2.75) is 44.6 Å². The van der Waals surface area contributed by atoms with Crippen molar-refractivity contribution >= 4 is 48.5 Å². The topological polar surface area (TPSA) is 82.2 Å². The Balaban J connectivity index is 0.00000221. The van der Waals surface area contributed by atoms with Crippen LogP contribution >= 0.6 is 24.8 Å². The van der Waals surface area contributed by atoms with Crippen molar-refractivity contribution in [3.63, 3.8) is 0 Å². The van der Waals surface area contributed by atoms with Gasteiger partial charge in [-0.2, -0.15) is 0 Å². The van der Waals surface area contributed by atoms with Gasteiger partial charge in [0.1, 0.15) is 18.2 Å². The Bertz CT molecular complexity index is 1440. The zero-order chi connectivity index (χ0) is 29.1. The lowest BCUT2D eigenvalue weighted by Gasteiger charge is -2.36. The molecule has 0 saturated carbocycles. The molecule has 2 saturated heterocycles. The molecular formula is C33H37Cl2FN4O4. The van der Waals surface area contributed by atoms with Gasteiger partial charge in [-0.25, -0.2) is 4.39 Å². The number of piperidine rings is 1. The number of amides is 1. The van der Waals surface area contributed by atoms with Crippen molar-refractivity contribution in [1.82, 2.24) is 15.1 Å². The molecule has 6 rings (SSSR count). The molecule has 2 atom stereocenters. The van der Waals surface area contributed by atoms with E-state index in [9.17, 15) is 18.8 Å². The number of Topliss-reactive ketones (excluding diaryl/α,β-unsaturated/α-hetero) is 1. The lowest BCUT2D eigenvalue weighted by molar-refractivity contribution is -0.131. The maximum Gasteiger partial charge on any atom is 0.254 e. The third-order valence-corrected chi connectivity index (χ3v) is 8.63. The minimum absolute atomic E-state index is 0. The normalized spacial score (nSPS) is 19.9. The number of carbonyl (C=O) groups is 3. The summed E-state index contributed by atoms with van der Waals surface area (Å²) < 4.78 is 19.5. The zero-order valence-corrected chi connectivity index (χ0v) is 26.0. The number of anilines is 1. The van der Waals surface area contributed by atoms with Crippen LogP contribution in [0.25, 0.3) is 0 Å². The van der Waals surface area contributed by atoms with E-state index in [0.29, 0.717) is 50.1 Å². The SMILES string of the molecule is Cl.Cl.O=CC(=O)C1CCC(N2Cc3c(OCc4ccc(CN5CCN(c6ccc(F)cc6)CC5)cc4)cccc3C2=O)CN1. The van der Waals surface area contributed by atoms with Gasteiger partial charge in [-0.3, -0.25) is 19.3 Å². The minimum atomic E-state index is -0.456. The van der Waals surface area contributed by atoms with Crippen LogP contribution in [0.4, 0.5) is 10.1 Å². The summed E-state index contributed by atoms with van der Waals surface area (Å²) in [6.45, 7) is 5.96. The maximum atomic E-state index is 13.2. The number of nitrogens with one attached hydrogen (secondary N) is 1. The van der Waals surface area contributed by atoms with E-state index in [1.807, 2.05) is 35.2 Å². The van der Waals surface area contributed by atoms with Crippen LogP contribution in [0.1, 0.15) is 39.9 Å². The van der Waals surface area contributed by atoms with Crippen LogP contribution in [0.15, 0.2) is 66.7 Å². The number of rotatable bonds is 9. The van der Waals surface area contributed by atoms with Gasteiger partial charge in [0.05, 0.1) is 12.6 Å². The fourth-order valence-electron chi connectivity index (χ4n) is 6.16. The van der Waals surface area contributed by atoms with E-state index in [2.05, 4.69) is 39.4 Å². The van der Waals surface area contributed by atoms with E-state index >= 15 is 0 Å². The summed E-state index contributed by atoms with van der Waals surface area (Å²) in [5, 5.41) is 3.12. The van der Waals surface area contributed by atoms with E-state index in [1.165, 1.54) is 17.7 Å². The summed E-state index contributed by atoms with van der Waals surface area (Å²) in [6, 6.07) is 20.3. The Morgan fingerprint density at radius 3 is 2.30 bits per heavy atom. The Hall–Kier alpha value is -3.50. The molecule has 0 spiro atoms. The Morgan fingerprint density at radius 2 is 1.64 bits per heavy atom. The molecule has 0 bridgehead atoms. The Morgan fingerprint density at radius 1 is 0.932 bits per heavy atom. The molecule has 234 valence electrons. The first-order valence-electron chi connectivity index (χ1n) is 14.6. The zero-order valence-electron chi connectivity index (χ0n) is 24.3. The van der Waals surface area contributed by atoms with Crippen molar-refractivity contribution in [3.8, 4) is 5.75 Å². The molecule has 3 aliphatic rings. The average Bonchev–Trinajstić information content (AvgIpc) is 3.38. The Kier molecular flexibility index (Phi) is 11.4. The number of fused-ring (bicyclic) bond motifs is 1. The fraction of sp³-hybridized carbons (Fsp3) is 0.364. The first-order chi connectivity index (χ1) is 20.5. The first kappa shape index (κ1) is 33.4. The average molecular weight is 644 g/mol. The van der Waals surface area contributed by atoms with Gasteiger partial charge in [-0.1, -0.05) is 30.3 Å². The fourth-order valence-corrected chi connectivity index (χ4v) is 6.16. The van der Waals surface area contributed by atoms with E-state index in [0.717, 1.165) is 49.5 Å². The van der Waals surface area contributed by atoms with E-state index in [4.69, 9.17) is 4.74 Å². The van der Waals surface area contributed by atoms with Crippen LogP contribution in [0.2, 0.25) is 0 Å². The number of ether oxygens (including phenoxy) is 1. The molecule has 3 aromatic carbocycles. The second-order valence-electron chi connectivity index (χ2n) is 11.3. The summed E-state index contributed by atoms with van der Waals surface area (Å²) in [5.74, 6) is 0.0455. The molecule has 1 amide bonds. The molecule has 1 N–H and O–H groups in total. The van der Waals surface area contributed by atoms with Crippen LogP contribution in [0, 0.1) is 5.82 Å². The number of nitrogens with zero attached hydrogens (tertiary/aromatic N) is 3. The summed E-state index contributed by atoms with van der Waals surface area (Å²) in [4.78, 5) is 42.3. The summed E-state index contributed by atoms with van der Waals surface area (Å²) >= 11 is 0. The molecule has 44 heavy (non-hydrogen) atoms. The molecule has 3 aliphatic heterocycles. The third kappa shape index (κ3) is 7.41. The van der Waals surface area contributed by atoms with Gasteiger partial charge < -0.3 is 19.9 Å². The van der Waals surface area contributed by atoms with Crippen molar-refractivity contribution in [2.24, 2.45) is 0 Å². The van der Waals surface area contributed by atoms with Crippen LogP contribution in [0.5, 0.6) is 5.75 Å². The van der Waals surface area contributed by atoms with Crippen LogP contribution < -0.4 is 15.0 Å². The number of hydrogen-bond acceptors (Lipinski definition) is 7. The lowest BCUT2D eigenvalue weighted by Crippen LogP contribution is -2.52. The molecule has 2 unspecified atom stereocenters. The number of ketones is 1. The predicted octanol–water partition coefficient (Wildman–Crippen LogP) is 4.41. The highest BCUT2D eigenvalue weighted by Gasteiger charge is 2.37. The van der Waals surface area contributed by atoms with Gasteiger partial charge in [0.15, 0.2) is 6.29 Å². The van der Waals surface area contributed by atoms with Crippen molar-refractivity contribution in [3.05, 3.63) is 94.8 Å². The molecule has 0 aliphatic carbocycles. The number of benzene rings is 3. The molecule has 2 fully saturated rings. The highest BCUT2D eigenvalue weighted by atomic mass is 35.5. The maximum absolute atomic E-state index is 13.2. The molecule has 11 heteroatoms. The van der Waals surface area contributed by atoms with Crippen molar-refractivity contribution in [1.29, 1.82) is 0 Å². The minimum Gasteiger partial charge on any atom is -0.489 e. The van der Waals surface area contributed by atoms with E-state index < -0.39 is 11.8 Å². The van der Waals surface area contributed by atoms with Crippen LogP contribution in [0.3, 0.4) is 0 Å². The standard InChI is InChI=1S/C33H35FN4O4.2ClH/c34-25-8-10-26(11-9-25)37-16-14-36(15-17-37)19-23-4-6-24(7-5-23)22-42-32-3-1-2-28-29(32)20-38(33(28)41)27-12-13-30(35-18-27)31(40)21-39;;/h1-11,21,27,30,35H,12-20,22H2;2*1H. The monoisotopic (exact) mass is 642 g/mol. The molecule has 3 aromatic rings. The summed E-state index contributed by atoms with van der Waals surface area (Å²) in [6.07, 6.45) is 1.57. The highest BCUT2D eigenvalue weighted by molar-refractivity contribution is 6.27. The molecule has 0 radical (unpaired) electrons. The molecule has 0 aromatic heterocycles. The van der Waals surface area contributed by atoms with Gasteiger partial charge in [0, 0.05) is 62.1 Å². The smallest absolute Gasteiger partial charge is 0.254 e. The molecular weight excluding hydrogens is 606 g/mol. The van der Waals surface area contributed by atoms with Crippen molar-refractivity contribution in [2.75, 3.05) is 37.6 Å². The molecule has 8 nitrogen and oxygen atoms in total. The van der Waals surface area contributed by atoms with Gasteiger partial charge in [-0.05, 0) is 60.4 Å². The van der Waals surface area contributed by atoms with E-state index in [-0.39, 0.29) is 42.6 Å². The number of hydrogen-bond donors (Lipinski definition) is 1. The number of aldehydes is 1. The lowest BCUT2D eigenvalue weighted by atomic mass is 9.97. The highest BCUT2D eigenvalue weighted by Crippen LogP contribution is 2.34. The Labute approximate surface area is 269 Å². The van der Waals surface area contributed by atoms with Gasteiger partial charge in [0.25, 0.3) is 5.91 Å². The van der Waals surface area contributed by atoms with Gasteiger partial charge >= 0.3 is 0 Å². The second kappa shape index (κ2) is 15.0. The molecule has 3 heterocycles.